The number of fused-ring (bicyclic) bond motifs is 1. The van der Waals surface area contributed by atoms with Crippen LogP contribution in [0.3, 0.4) is 0 Å². The standard InChI is InChI=1S/C15H18N6O2/c1-20-13-11(7-18-20)14(23)21(10-17-13)8-12(22)19-15(9-16)5-3-2-4-6-15/h7,10H,2-6,8H2,1H3,(H,19,22). The maximum atomic E-state index is 12.3. The predicted molar refractivity (Wildman–Crippen MR) is 82.3 cm³/mol. The molecule has 2 heterocycles. The van der Waals surface area contributed by atoms with Crippen molar-refractivity contribution in [2.75, 3.05) is 0 Å². The minimum atomic E-state index is -0.801. The van der Waals surface area contributed by atoms with Gasteiger partial charge in [0.25, 0.3) is 5.56 Å². The summed E-state index contributed by atoms with van der Waals surface area (Å²) < 4.78 is 2.75. The molecule has 23 heavy (non-hydrogen) atoms. The highest BCUT2D eigenvalue weighted by Crippen LogP contribution is 2.27. The summed E-state index contributed by atoms with van der Waals surface area (Å²) in [5.41, 5.74) is -0.634. The van der Waals surface area contributed by atoms with E-state index in [1.165, 1.54) is 21.8 Å². The Kier molecular flexibility index (Phi) is 3.86. The van der Waals surface area contributed by atoms with Gasteiger partial charge in [0.15, 0.2) is 5.65 Å². The number of aromatic nitrogens is 4. The number of nitriles is 1. The van der Waals surface area contributed by atoms with Gasteiger partial charge in [0, 0.05) is 7.05 Å². The van der Waals surface area contributed by atoms with Gasteiger partial charge in [0.05, 0.1) is 12.3 Å². The molecule has 8 heteroatoms. The van der Waals surface area contributed by atoms with Crippen molar-refractivity contribution in [1.82, 2.24) is 24.6 Å². The summed E-state index contributed by atoms with van der Waals surface area (Å²) in [6, 6.07) is 2.23. The van der Waals surface area contributed by atoms with Crippen molar-refractivity contribution < 1.29 is 4.79 Å². The lowest BCUT2D eigenvalue weighted by molar-refractivity contribution is -0.123. The number of carbonyl (C=O) groups excluding carboxylic acids is 1. The molecule has 0 spiro atoms. The molecule has 2 aromatic heterocycles. The highest BCUT2D eigenvalue weighted by Gasteiger charge is 2.33. The maximum Gasteiger partial charge on any atom is 0.264 e. The van der Waals surface area contributed by atoms with Gasteiger partial charge in [-0.3, -0.25) is 18.8 Å². The maximum absolute atomic E-state index is 12.3. The molecule has 0 atom stereocenters. The van der Waals surface area contributed by atoms with E-state index in [-0.39, 0.29) is 18.0 Å². The Balaban J connectivity index is 1.79. The Labute approximate surface area is 132 Å². The molecular weight excluding hydrogens is 296 g/mol. The normalized spacial score (nSPS) is 16.9. The molecule has 8 nitrogen and oxygen atoms in total. The van der Waals surface area contributed by atoms with Gasteiger partial charge >= 0.3 is 0 Å². The molecule has 0 saturated heterocycles. The topological polar surface area (TPSA) is 106 Å². The first kappa shape index (κ1) is 15.2. The Hall–Kier alpha value is -2.69. The van der Waals surface area contributed by atoms with Crippen molar-refractivity contribution in [2.24, 2.45) is 7.05 Å². The predicted octanol–water partition coefficient (Wildman–Crippen LogP) is 0.473. The van der Waals surface area contributed by atoms with Gasteiger partial charge in [-0.05, 0) is 12.8 Å². The number of nitrogens with one attached hydrogen (secondary N) is 1. The molecule has 0 aliphatic heterocycles. The van der Waals surface area contributed by atoms with Crippen LogP contribution < -0.4 is 10.9 Å². The Morgan fingerprint density at radius 3 is 2.87 bits per heavy atom. The lowest BCUT2D eigenvalue weighted by Crippen LogP contribution is -2.50. The smallest absolute Gasteiger partial charge is 0.264 e. The summed E-state index contributed by atoms with van der Waals surface area (Å²) in [4.78, 5) is 28.8. The van der Waals surface area contributed by atoms with Crippen molar-refractivity contribution in [3.8, 4) is 6.07 Å². The molecule has 1 N–H and O–H groups in total. The van der Waals surface area contributed by atoms with Crippen LogP contribution in [0.2, 0.25) is 0 Å². The van der Waals surface area contributed by atoms with Crippen LogP contribution >= 0.6 is 0 Å². The fourth-order valence-corrected chi connectivity index (χ4v) is 3.06. The van der Waals surface area contributed by atoms with E-state index >= 15 is 0 Å². The molecule has 120 valence electrons. The third kappa shape index (κ3) is 2.82. The van der Waals surface area contributed by atoms with E-state index in [0.29, 0.717) is 23.9 Å². The van der Waals surface area contributed by atoms with Crippen LogP contribution in [-0.4, -0.2) is 30.8 Å². The molecular formula is C15H18N6O2. The lowest BCUT2D eigenvalue weighted by Gasteiger charge is -2.31. The number of amides is 1. The molecule has 0 aromatic carbocycles. The number of hydrogen-bond donors (Lipinski definition) is 1. The van der Waals surface area contributed by atoms with E-state index in [2.05, 4.69) is 21.5 Å². The second kappa shape index (κ2) is 5.83. The van der Waals surface area contributed by atoms with Gasteiger partial charge in [0.1, 0.15) is 23.8 Å². The third-order valence-corrected chi connectivity index (χ3v) is 4.33. The van der Waals surface area contributed by atoms with Crippen LogP contribution in [0.25, 0.3) is 11.0 Å². The van der Waals surface area contributed by atoms with E-state index in [1.807, 2.05) is 0 Å². The number of nitrogens with zero attached hydrogens (tertiary/aromatic N) is 5. The summed E-state index contributed by atoms with van der Waals surface area (Å²) in [5, 5.41) is 16.6. The lowest BCUT2D eigenvalue weighted by atomic mass is 9.83. The Bertz CT molecular complexity index is 838. The van der Waals surface area contributed by atoms with Crippen LogP contribution in [-0.2, 0) is 18.4 Å². The first-order valence-corrected chi connectivity index (χ1v) is 7.64. The van der Waals surface area contributed by atoms with E-state index in [1.54, 1.807) is 7.05 Å². The fraction of sp³-hybridized carbons (Fsp3) is 0.533. The summed E-state index contributed by atoms with van der Waals surface area (Å²) >= 11 is 0. The summed E-state index contributed by atoms with van der Waals surface area (Å²) in [5.74, 6) is -0.347. The molecule has 2 aromatic rings. The van der Waals surface area contributed by atoms with Crippen LogP contribution in [0.15, 0.2) is 17.3 Å². The monoisotopic (exact) mass is 314 g/mol. The summed E-state index contributed by atoms with van der Waals surface area (Å²) in [6.07, 6.45) is 7.03. The van der Waals surface area contributed by atoms with Crippen molar-refractivity contribution in [2.45, 2.75) is 44.2 Å². The minimum Gasteiger partial charge on any atom is -0.336 e. The van der Waals surface area contributed by atoms with E-state index in [4.69, 9.17) is 0 Å². The summed E-state index contributed by atoms with van der Waals surface area (Å²) in [6.45, 7) is -0.153. The van der Waals surface area contributed by atoms with Gasteiger partial charge in [0.2, 0.25) is 5.91 Å². The minimum absolute atomic E-state index is 0.153. The summed E-state index contributed by atoms with van der Waals surface area (Å²) in [7, 11) is 1.70. The highest BCUT2D eigenvalue weighted by atomic mass is 16.2. The zero-order chi connectivity index (χ0) is 16.4. The van der Waals surface area contributed by atoms with Crippen molar-refractivity contribution in [1.29, 1.82) is 5.26 Å². The van der Waals surface area contributed by atoms with Crippen LogP contribution in [0, 0.1) is 11.3 Å². The third-order valence-electron chi connectivity index (χ3n) is 4.33. The van der Waals surface area contributed by atoms with E-state index < -0.39 is 5.54 Å². The molecule has 1 fully saturated rings. The highest BCUT2D eigenvalue weighted by molar-refractivity contribution is 5.78. The zero-order valence-electron chi connectivity index (χ0n) is 12.9. The second-order valence-corrected chi connectivity index (χ2v) is 5.99. The van der Waals surface area contributed by atoms with Crippen molar-refractivity contribution >= 4 is 16.9 Å². The molecule has 1 aliphatic carbocycles. The van der Waals surface area contributed by atoms with Crippen LogP contribution in [0.5, 0.6) is 0 Å². The van der Waals surface area contributed by atoms with Gasteiger partial charge < -0.3 is 5.32 Å². The molecule has 1 saturated carbocycles. The average Bonchev–Trinajstić information content (AvgIpc) is 2.93. The number of aryl methyl sites for hydroxylation is 1. The van der Waals surface area contributed by atoms with Crippen LogP contribution in [0.1, 0.15) is 32.1 Å². The van der Waals surface area contributed by atoms with E-state index in [0.717, 1.165) is 19.3 Å². The molecule has 0 unspecified atom stereocenters. The first-order valence-electron chi connectivity index (χ1n) is 7.64. The number of carbonyl (C=O) groups is 1. The van der Waals surface area contributed by atoms with Crippen LogP contribution in [0.4, 0.5) is 0 Å². The quantitative estimate of drug-likeness (QED) is 0.886. The van der Waals surface area contributed by atoms with Gasteiger partial charge in [-0.15, -0.1) is 0 Å². The van der Waals surface area contributed by atoms with Gasteiger partial charge in [-0.2, -0.15) is 10.4 Å². The first-order chi connectivity index (χ1) is 11.0. The largest absolute Gasteiger partial charge is 0.336 e. The fourth-order valence-electron chi connectivity index (χ4n) is 3.06. The van der Waals surface area contributed by atoms with Gasteiger partial charge in [-0.25, -0.2) is 4.98 Å². The Morgan fingerprint density at radius 2 is 2.17 bits per heavy atom. The molecule has 0 bridgehead atoms. The SMILES string of the molecule is Cn1ncc2c(=O)n(CC(=O)NC3(C#N)CCCCC3)cnc21. The second-order valence-electron chi connectivity index (χ2n) is 5.99. The molecule has 1 amide bonds. The Morgan fingerprint density at radius 1 is 1.43 bits per heavy atom. The number of hydrogen-bond acceptors (Lipinski definition) is 5. The zero-order valence-corrected chi connectivity index (χ0v) is 12.9. The van der Waals surface area contributed by atoms with Crippen molar-refractivity contribution in [3.05, 3.63) is 22.9 Å². The van der Waals surface area contributed by atoms with Crippen molar-refractivity contribution in [3.63, 3.8) is 0 Å². The number of rotatable bonds is 3. The molecule has 3 rings (SSSR count). The van der Waals surface area contributed by atoms with Gasteiger partial charge in [-0.1, -0.05) is 19.3 Å². The average molecular weight is 314 g/mol. The van der Waals surface area contributed by atoms with E-state index in [9.17, 15) is 14.9 Å². The molecule has 1 aliphatic rings. The molecule has 0 radical (unpaired) electrons.